The van der Waals surface area contributed by atoms with Crippen molar-refractivity contribution in [2.45, 2.75) is 27.2 Å². The Balaban J connectivity index is 2.73. The van der Waals surface area contributed by atoms with E-state index < -0.39 is 0 Å². The molecule has 1 rings (SSSR count). The summed E-state index contributed by atoms with van der Waals surface area (Å²) in [5.74, 6) is 2.29. The lowest BCUT2D eigenvalue weighted by molar-refractivity contribution is 0.0949. The van der Waals surface area contributed by atoms with Gasteiger partial charge < -0.3 is 10.6 Å². The molecule has 1 amide bonds. The smallest absolute Gasteiger partial charge is 0.251 e. The lowest BCUT2D eigenvalue weighted by atomic mass is 10.1. The lowest BCUT2D eigenvalue weighted by Crippen LogP contribution is -2.29. The van der Waals surface area contributed by atoms with Crippen molar-refractivity contribution in [2.24, 2.45) is 5.92 Å². The van der Waals surface area contributed by atoms with Crippen molar-refractivity contribution in [1.82, 2.24) is 10.3 Å². The third kappa shape index (κ3) is 5.41. The maximum Gasteiger partial charge on any atom is 0.251 e. The fourth-order valence-electron chi connectivity index (χ4n) is 1.88. The minimum atomic E-state index is -0.0193. The first kappa shape index (κ1) is 16.8. The number of hydrogen-bond donors (Lipinski definition) is 2. The maximum atomic E-state index is 12.2. The first-order valence-electron chi connectivity index (χ1n) is 7.12. The number of nitrogens with one attached hydrogen (secondary N) is 2. The molecule has 0 aliphatic carbocycles. The molecule has 112 valence electrons. The molecule has 20 heavy (non-hydrogen) atoms. The summed E-state index contributed by atoms with van der Waals surface area (Å²) in [7, 11) is 0. The molecule has 0 fully saturated rings. The van der Waals surface area contributed by atoms with Crippen molar-refractivity contribution >= 4 is 23.5 Å². The number of aryl methyl sites for hydroxylation is 1. The first-order chi connectivity index (χ1) is 9.60. The van der Waals surface area contributed by atoms with E-state index in [0.29, 0.717) is 18.0 Å². The predicted octanol–water partition coefficient (Wildman–Crippen LogP) is 2.80. The molecular weight excluding hydrogens is 270 g/mol. The molecule has 2 N–H and O–H groups in total. The minimum absolute atomic E-state index is 0.0193. The van der Waals surface area contributed by atoms with Crippen LogP contribution in [0.15, 0.2) is 12.1 Å². The zero-order chi connectivity index (χ0) is 15.0. The summed E-state index contributed by atoms with van der Waals surface area (Å²) >= 11 is 1.80. The Morgan fingerprint density at radius 2 is 2.15 bits per heavy atom. The van der Waals surface area contributed by atoms with E-state index >= 15 is 0 Å². The van der Waals surface area contributed by atoms with Gasteiger partial charge in [-0.15, -0.1) is 0 Å². The van der Waals surface area contributed by atoms with E-state index in [9.17, 15) is 4.79 Å². The Morgan fingerprint density at radius 1 is 1.40 bits per heavy atom. The zero-order valence-electron chi connectivity index (χ0n) is 12.8. The second-order valence-corrected chi connectivity index (χ2v) is 5.80. The molecular formula is C15H25N3OS. The molecule has 4 nitrogen and oxygen atoms in total. The quantitative estimate of drug-likeness (QED) is 0.774. The summed E-state index contributed by atoms with van der Waals surface area (Å²) in [6.07, 6.45) is 2.90. The van der Waals surface area contributed by atoms with Crippen molar-refractivity contribution in [1.29, 1.82) is 0 Å². The van der Waals surface area contributed by atoms with Gasteiger partial charge in [0.2, 0.25) is 0 Å². The van der Waals surface area contributed by atoms with Crippen LogP contribution in [0, 0.1) is 5.92 Å². The SMILES string of the molecule is CCNc1cc(C(=O)NCC(C)CSC)cc(CC)n1. The average Bonchev–Trinajstić information content (AvgIpc) is 2.45. The Hall–Kier alpha value is -1.23. The number of anilines is 1. The fourth-order valence-corrected chi connectivity index (χ4v) is 2.57. The number of thioether (sulfide) groups is 1. The Morgan fingerprint density at radius 3 is 2.75 bits per heavy atom. The highest BCUT2D eigenvalue weighted by Crippen LogP contribution is 2.12. The van der Waals surface area contributed by atoms with Crippen LogP contribution in [0.1, 0.15) is 36.8 Å². The fraction of sp³-hybridized carbons (Fsp3) is 0.600. The molecule has 1 unspecified atom stereocenters. The largest absolute Gasteiger partial charge is 0.370 e. The van der Waals surface area contributed by atoms with Crippen LogP contribution in [0.25, 0.3) is 0 Å². The van der Waals surface area contributed by atoms with Gasteiger partial charge in [-0.2, -0.15) is 11.8 Å². The van der Waals surface area contributed by atoms with Gasteiger partial charge in [0.25, 0.3) is 5.91 Å². The lowest BCUT2D eigenvalue weighted by Gasteiger charge is -2.12. The summed E-state index contributed by atoms with van der Waals surface area (Å²) in [6.45, 7) is 7.71. The van der Waals surface area contributed by atoms with E-state index in [-0.39, 0.29) is 5.91 Å². The maximum absolute atomic E-state index is 12.2. The van der Waals surface area contributed by atoms with Crippen LogP contribution in [0.5, 0.6) is 0 Å². The Bertz CT molecular complexity index is 437. The molecule has 0 spiro atoms. The summed E-state index contributed by atoms with van der Waals surface area (Å²) in [5.41, 5.74) is 1.62. The molecule has 1 aromatic heterocycles. The monoisotopic (exact) mass is 295 g/mol. The molecule has 0 bridgehead atoms. The van der Waals surface area contributed by atoms with Gasteiger partial charge in [0, 0.05) is 24.3 Å². The van der Waals surface area contributed by atoms with Crippen LogP contribution in [0.4, 0.5) is 5.82 Å². The molecule has 1 atom stereocenters. The van der Waals surface area contributed by atoms with Crippen molar-refractivity contribution in [3.63, 3.8) is 0 Å². The van der Waals surface area contributed by atoms with Crippen LogP contribution in [0.3, 0.4) is 0 Å². The number of amides is 1. The highest BCUT2D eigenvalue weighted by Gasteiger charge is 2.10. The molecule has 0 aromatic carbocycles. The standard InChI is InChI=1S/C15H25N3OS/c1-5-13-7-12(8-14(18-13)16-6-2)15(19)17-9-11(3)10-20-4/h7-8,11H,5-6,9-10H2,1-4H3,(H,16,18)(H,17,19). The third-order valence-electron chi connectivity index (χ3n) is 2.92. The molecule has 0 saturated carbocycles. The number of rotatable bonds is 8. The summed E-state index contributed by atoms with van der Waals surface area (Å²) in [5, 5.41) is 6.16. The second kappa shape index (κ2) is 8.84. The van der Waals surface area contributed by atoms with E-state index in [4.69, 9.17) is 0 Å². The minimum Gasteiger partial charge on any atom is -0.370 e. The van der Waals surface area contributed by atoms with Crippen molar-refractivity contribution < 1.29 is 4.79 Å². The van der Waals surface area contributed by atoms with Gasteiger partial charge in [0.1, 0.15) is 5.82 Å². The van der Waals surface area contributed by atoms with E-state index in [2.05, 4.69) is 28.8 Å². The topological polar surface area (TPSA) is 54.0 Å². The van der Waals surface area contributed by atoms with E-state index in [1.165, 1.54) is 0 Å². The normalized spacial score (nSPS) is 12.0. The van der Waals surface area contributed by atoms with Crippen molar-refractivity contribution in [3.05, 3.63) is 23.4 Å². The van der Waals surface area contributed by atoms with E-state index in [1.54, 1.807) is 11.8 Å². The van der Waals surface area contributed by atoms with Gasteiger partial charge in [-0.1, -0.05) is 13.8 Å². The number of pyridine rings is 1. The van der Waals surface area contributed by atoms with Crippen molar-refractivity contribution in [2.75, 3.05) is 30.4 Å². The Kier molecular flexibility index (Phi) is 7.44. The number of nitrogens with zero attached hydrogens (tertiary/aromatic N) is 1. The number of carbonyl (C=O) groups excluding carboxylic acids is 1. The highest BCUT2D eigenvalue weighted by atomic mass is 32.2. The third-order valence-corrected chi connectivity index (χ3v) is 3.83. The molecule has 1 heterocycles. The predicted molar refractivity (Wildman–Crippen MR) is 87.7 cm³/mol. The molecule has 0 radical (unpaired) electrons. The van der Waals surface area contributed by atoms with Crippen LogP contribution in [0.2, 0.25) is 0 Å². The summed E-state index contributed by atoms with van der Waals surface area (Å²) in [4.78, 5) is 16.7. The van der Waals surface area contributed by atoms with Crippen molar-refractivity contribution in [3.8, 4) is 0 Å². The van der Waals surface area contributed by atoms with Crippen LogP contribution < -0.4 is 10.6 Å². The molecule has 1 aromatic rings. The van der Waals surface area contributed by atoms with Crippen LogP contribution in [-0.4, -0.2) is 36.0 Å². The highest BCUT2D eigenvalue weighted by molar-refractivity contribution is 7.98. The van der Waals surface area contributed by atoms with Gasteiger partial charge in [-0.3, -0.25) is 4.79 Å². The molecule has 0 aliphatic rings. The van der Waals surface area contributed by atoms with E-state index in [0.717, 1.165) is 30.2 Å². The Labute approximate surface area is 126 Å². The van der Waals surface area contributed by atoms with Gasteiger partial charge in [-0.05, 0) is 43.4 Å². The molecule has 5 heteroatoms. The summed E-state index contributed by atoms with van der Waals surface area (Å²) in [6, 6.07) is 3.69. The first-order valence-corrected chi connectivity index (χ1v) is 8.52. The molecule has 0 saturated heterocycles. The van der Waals surface area contributed by atoms with E-state index in [1.807, 2.05) is 26.0 Å². The molecule has 0 aliphatic heterocycles. The number of hydrogen-bond acceptors (Lipinski definition) is 4. The number of carbonyl (C=O) groups is 1. The van der Waals surface area contributed by atoms with Gasteiger partial charge in [0.05, 0.1) is 0 Å². The van der Waals surface area contributed by atoms with Gasteiger partial charge in [-0.25, -0.2) is 4.98 Å². The zero-order valence-corrected chi connectivity index (χ0v) is 13.6. The summed E-state index contributed by atoms with van der Waals surface area (Å²) < 4.78 is 0. The number of aromatic nitrogens is 1. The van der Waals surface area contributed by atoms with Crippen LogP contribution in [-0.2, 0) is 6.42 Å². The average molecular weight is 295 g/mol. The second-order valence-electron chi connectivity index (χ2n) is 4.89. The van der Waals surface area contributed by atoms with Gasteiger partial charge >= 0.3 is 0 Å². The van der Waals surface area contributed by atoms with Crippen LogP contribution >= 0.6 is 11.8 Å². The van der Waals surface area contributed by atoms with Gasteiger partial charge in [0.15, 0.2) is 0 Å².